The molecule has 0 saturated carbocycles. The number of aliphatic hydroxyl groups excluding tert-OH is 1. The number of hydrogen-bond acceptors (Lipinski definition) is 4. The van der Waals surface area contributed by atoms with E-state index < -0.39 is 30.1 Å². The molecule has 1 saturated heterocycles. The lowest BCUT2D eigenvalue weighted by atomic mass is 10.0. The molecule has 2 aromatic carbocycles. The monoisotopic (exact) mass is 377 g/mol. The number of amides is 2. The molecule has 26 heavy (non-hydrogen) atoms. The summed E-state index contributed by atoms with van der Waals surface area (Å²) in [5.41, 5.74) is 1.40. The van der Waals surface area contributed by atoms with E-state index in [1.165, 1.54) is 12.1 Å². The van der Waals surface area contributed by atoms with E-state index in [9.17, 15) is 19.1 Å². The molecule has 1 aliphatic heterocycles. The van der Waals surface area contributed by atoms with Gasteiger partial charge in [-0.2, -0.15) is 0 Å². The van der Waals surface area contributed by atoms with Crippen molar-refractivity contribution in [1.82, 2.24) is 16.0 Å². The van der Waals surface area contributed by atoms with Crippen molar-refractivity contribution in [3.63, 3.8) is 0 Å². The smallest absolute Gasteiger partial charge is 0.252 e. The maximum absolute atomic E-state index is 12.9. The predicted octanol–water partition coefficient (Wildman–Crippen LogP) is 1.24. The van der Waals surface area contributed by atoms with Crippen molar-refractivity contribution in [1.29, 1.82) is 0 Å². The van der Waals surface area contributed by atoms with Gasteiger partial charge in [-0.3, -0.25) is 14.9 Å². The molecule has 3 rings (SSSR count). The molecule has 6 nitrogen and oxygen atoms in total. The number of aliphatic hydroxyl groups is 1. The summed E-state index contributed by atoms with van der Waals surface area (Å²) >= 11 is 5.86. The standard InChI is InChI=1S/C18H17ClFN3O3/c19-12-5-3-11(4-6-12)16-22-14(15(24)18(26)23-16)17(25)21-9-10-1-7-13(20)8-2-10/h1-8,14-16,22,24H,9H2,(H,21,25)(H,23,26). The highest BCUT2D eigenvalue weighted by molar-refractivity contribution is 6.30. The summed E-state index contributed by atoms with van der Waals surface area (Å²) in [6, 6.07) is 11.3. The van der Waals surface area contributed by atoms with Gasteiger partial charge in [-0.1, -0.05) is 35.9 Å². The molecule has 3 atom stereocenters. The van der Waals surface area contributed by atoms with Gasteiger partial charge >= 0.3 is 0 Å². The number of benzene rings is 2. The lowest BCUT2D eigenvalue weighted by Crippen LogP contribution is -2.64. The minimum atomic E-state index is -1.52. The Morgan fingerprint density at radius 1 is 1.15 bits per heavy atom. The summed E-state index contributed by atoms with van der Waals surface area (Å²) in [5, 5.41) is 18.7. The van der Waals surface area contributed by atoms with Crippen LogP contribution in [0.3, 0.4) is 0 Å². The van der Waals surface area contributed by atoms with Crippen LogP contribution in [0.5, 0.6) is 0 Å². The number of rotatable bonds is 4. The molecule has 136 valence electrons. The van der Waals surface area contributed by atoms with Crippen molar-refractivity contribution in [2.45, 2.75) is 24.9 Å². The van der Waals surface area contributed by atoms with E-state index in [4.69, 9.17) is 11.6 Å². The normalized spacial score (nSPS) is 22.6. The molecule has 2 aromatic rings. The zero-order valence-electron chi connectivity index (χ0n) is 13.6. The Balaban J connectivity index is 1.68. The number of carbonyl (C=O) groups is 2. The Morgan fingerprint density at radius 3 is 2.46 bits per heavy atom. The van der Waals surface area contributed by atoms with Gasteiger partial charge in [0.2, 0.25) is 5.91 Å². The fraction of sp³-hybridized carbons (Fsp3) is 0.222. The molecular formula is C18H17ClFN3O3. The molecule has 1 aliphatic rings. The Kier molecular flexibility index (Phi) is 5.51. The van der Waals surface area contributed by atoms with E-state index in [0.29, 0.717) is 16.1 Å². The topological polar surface area (TPSA) is 90.5 Å². The van der Waals surface area contributed by atoms with Gasteiger partial charge in [0.1, 0.15) is 18.0 Å². The van der Waals surface area contributed by atoms with Crippen LogP contribution in [0.1, 0.15) is 17.3 Å². The van der Waals surface area contributed by atoms with E-state index >= 15 is 0 Å². The molecule has 2 amide bonds. The maximum atomic E-state index is 12.9. The minimum Gasteiger partial charge on any atom is -0.381 e. The average Bonchev–Trinajstić information content (AvgIpc) is 2.64. The summed E-state index contributed by atoms with van der Waals surface area (Å²) in [4.78, 5) is 24.4. The number of nitrogens with one attached hydrogen (secondary N) is 3. The van der Waals surface area contributed by atoms with Crippen LogP contribution in [-0.4, -0.2) is 29.1 Å². The van der Waals surface area contributed by atoms with Crippen LogP contribution in [0, 0.1) is 5.82 Å². The summed E-state index contributed by atoms with van der Waals surface area (Å²) in [7, 11) is 0. The molecule has 0 spiro atoms. The lowest BCUT2D eigenvalue weighted by Gasteiger charge is -2.34. The predicted molar refractivity (Wildman–Crippen MR) is 93.5 cm³/mol. The second-order valence-electron chi connectivity index (χ2n) is 5.93. The summed E-state index contributed by atoms with van der Waals surface area (Å²) < 4.78 is 12.9. The van der Waals surface area contributed by atoms with Crippen LogP contribution in [0.2, 0.25) is 5.02 Å². The van der Waals surface area contributed by atoms with Crippen molar-refractivity contribution in [2.75, 3.05) is 0 Å². The fourth-order valence-electron chi connectivity index (χ4n) is 2.65. The molecule has 0 aromatic heterocycles. The van der Waals surface area contributed by atoms with Crippen LogP contribution in [0.25, 0.3) is 0 Å². The first-order chi connectivity index (χ1) is 12.4. The van der Waals surface area contributed by atoms with Gasteiger partial charge < -0.3 is 15.7 Å². The first kappa shape index (κ1) is 18.3. The van der Waals surface area contributed by atoms with Gasteiger partial charge in [0, 0.05) is 11.6 Å². The van der Waals surface area contributed by atoms with Gasteiger partial charge in [0.25, 0.3) is 5.91 Å². The van der Waals surface area contributed by atoms with Crippen molar-refractivity contribution < 1.29 is 19.1 Å². The lowest BCUT2D eigenvalue weighted by molar-refractivity contribution is -0.142. The first-order valence-corrected chi connectivity index (χ1v) is 8.34. The van der Waals surface area contributed by atoms with Crippen molar-refractivity contribution in [3.05, 3.63) is 70.5 Å². The average molecular weight is 378 g/mol. The van der Waals surface area contributed by atoms with Crippen molar-refractivity contribution in [3.8, 4) is 0 Å². The van der Waals surface area contributed by atoms with Crippen LogP contribution in [-0.2, 0) is 16.1 Å². The van der Waals surface area contributed by atoms with Crippen LogP contribution >= 0.6 is 11.6 Å². The van der Waals surface area contributed by atoms with Crippen LogP contribution < -0.4 is 16.0 Å². The zero-order chi connectivity index (χ0) is 18.7. The molecule has 4 N–H and O–H groups in total. The highest BCUT2D eigenvalue weighted by atomic mass is 35.5. The molecule has 1 heterocycles. The van der Waals surface area contributed by atoms with Crippen LogP contribution in [0.4, 0.5) is 4.39 Å². The Hall–Kier alpha value is -2.48. The third kappa shape index (κ3) is 4.19. The van der Waals surface area contributed by atoms with Gasteiger partial charge in [-0.25, -0.2) is 4.39 Å². The Labute approximate surface area is 154 Å². The fourth-order valence-corrected chi connectivity index (χ4v) is 2.77. The largest absolute Gasteiger partial charge is 0.381 e. The number of carbonyl (C=O) groups excluding carboxylic acids is 2. The molecule has 0 aliphatic carbocycles. The van der Waals surface area contributed by atoms with Gasteiger partial charge in [-0.05, 0) is 35.4 Å². The van der Waals surface area contributed by atoms with E-state index in [0.717, 1.165) is 0 Å². The van der Waals surface area contributed by atoms with Gasteiger partial charge in [0.05, 0.1) is 0 Å². The summed E-state index contributed by atoms with van der Waals surface area (Å²) in [5.74, 6) is -1.55. The summed E-state index contributed by atoms with van der Waals surface area (Å²) in [6.45, 7) is 0.150. The molecular weight excluding hydrogens is 361 g/mol. The van der Waals surface area contributed by atoms with E-state index in [-0.39, 0.29) is 12.4 Å². The highest BCUT2D eigenvalue weighted by Gasteiger charge is 2.39. The molecule has 1 fully saturated rings. The van der Waals surface area contributed by atoms with E-state index in [1.807, 2.05) is 0 Å². The van der Waals surface area contributed by atoms with E-state index in [2.05, 4.69) is 16.0 Å². The first-order valence-electron chi connectivity index (χ1n) is 7.96. The third-order valence-electron chi connectivity index (χ3n) is 4.08. The zero-order valence-corrected chi connectivity index (χ0v) is 14.3. The van der Waals surface area contributed by atoms with Crippen LogP contribution in [0.15, 0.2) is 48.5 Å². The van der Waals surface area contributed by atoms with Gasteiger partial charge in [-0.15, -0.1) is 0 Å². The van der Waals surface area contributed by atoms with Crippen molar-refractivity contribution in [2.24, 2.45) is 0 Å². The Bertz CT molecular complexity index is 798. The second kappa shape index (κ2) is 7.82. The SMILES string of the molecule is O=C1NC(c2ccc(Cl)cc2)NC(C(=O)NCc2ccc(F)cc2)C1O. The third-order valence-corrected chi connectivity index (χ3v) is 4.33. The number of halogens is 2. The van der Waals surface area contributed by atoms with Crippen molar-refractivity contribution >= 4 is 23.4 Å². The maximum Gasteiger partial charge on any atom is 0.252 e. The molecule has 3 unspecified atom stereocenters. The highest BCUT2D eigenvalue weighted by Crippen LogP contribution is 2.19. The quantitative estimate of drug-likeness (QED) is 0.645. The molecule has 8 heteroatoms. The molecule has 0 bridgehead atoms. The van der Waals surface area contributed by atoms with E-state index in [1.54, 1.807) is 36.4 Å². The summed E-state index contributed by atoms with van der Waals surface area (Å²) in [6.07, 6.45) is -2.16. The second-order valence-corrected chi connectivity index (χ2v) is 6.36. The number of hydrogen-bond donors (Lipinski definition) is 4. The minimum absolute atomic E-state index is 0.150. The Morgan fingerprint density at radius 2 is 1.81 bits per heavy atom. The van der Waals surface area contributed by atoms with Gasteiger partial charge in [0.15, 0.2) is 6.10 Å². The molecule has 0 radical (unpaired) electrons.